The average Bonchev–Trinajstić information content (AvgIpc) is 2.37. The van der Waals surface area contributed by atoms with Crippen LogP contribution in [0.2, 0.25) is 5.02 Å². The molecule has 2 N–H and O–H groups in total. The topological polar surface area (TPSA) is 75.6 Å². The number of amides is 1. The van der Waals surface area contributed by atoms with E-state index in [-0.39, 0.29) is 0 Å². The standard InChI is InChI=1S/C13H16ClNO4/c1-3-10(12(16)15-8(2)13(17)18)19-11-7-5-4-6-9(11)14/h4-8,10H,3H2,1-2H3,(H,15,16)(H,17,18). The molecule has 2 unspecified atom stereocenters. The van der Waals surface area contributed by atoms with Gasteiger partial charge >= 0.3 is 5.97 Å². The quantitative estimate of drug-likeness (QED) is 0.839. The zero-order valence-corrected chi connectivity index (χ0v) is 11.5. The van der Waals surface area contributed by atoms with Crippen molar-refractivity contribution < 1.29 is 19.4 Å². The van der Waals surface area contributed by atoms with Gasteiger partial charge in [0.05, 0.1) is 5.02 Å². The van der Waals surface area contributed by atoms with Crippen LogP contribution in [0.5, 0.6) is 5.75 Å². The summed E-state index contributed by atoms with van der Waals surface area (Å²) in [5.41, 5.74) is 0. The van der Waals surface area contributed by atoms with Gasteiger partial charge in [0.2, 0.25) is 0 Å². The van der Waals surface area contributed by atoms with Crippen LogP contribution in [0, 0.1) is 0 Å². The van der Waals surface area contributed by atoms with E-state index in [9.17, 15) is 9.59 Å². The molecule has 0 saturated heterocycles. The number of rotatable bonds is 6. The van der Waals surface area contributed by atoms with Gasteiger partial charge < -0.3 is 15.2 Å². The van der Waals surface area contributed by atoms with Crippen molar-refractivity contribution >= 4 is 23.5 Å². The fraction of sp³-hybridized carbons (Fsp3) is 0.385. The minimum atomic E-state index is -1.10. The monoisotopic (exact) mass is 285 g/mol. The number of halogens is 1. The minimum Gasteiger partial charge on any atom is -0.480 e. The number of carboxylic acids is 1. The summed E-state index contributed by atoms with van der Waals surface area (Å²) in [7, 11) is 0. The lowest BCUT2D eigenvalue weighted by atomic mass is 10.2. The van der Waals surface area contributed by atoms with Crippen molar-refractivity contribution in [3.63, 3.8) is 0 Å². The first-order valence-corrected chi connectivity index (χ1v) is 6.27. The zero-order chi connectivity index (χ0) is 14.4. The molecular formula is C13H16ClNO4. The fourth-order valence-corrected chi connectivity index (χ4v) is 1.56. The Morgan fingerprint density at radius 2 is 2.05 bits per heavy atom. The molecule has 0 fully saturated rings. The van der Waals surface area contributed by atoms with Gasteiger partial charge in [0.15, 0.2) is 6.10 Å². The first-order chi connectivity index (χ1) is 8.95. The number of carboxylic acid groups (broad SMARTS) is 1. The maximum absolute atomic E-state index is 11.9. The molecule has 1 aromatic carbocycles. The number of carbonyl (C=O) groups excluding carboxylic acids is 1. The molecule has 6 heteroatoms. The van der Waals surface area contributed by atoms with Crippen molar-refractivity contribution in [2.45, 2.75) is 32.4 Å². The van der Waals surface area contributed by atoms with Gasteiger partial charge in [-0.3, -0.25) is 9.59 Å². The second-order valence-electron chi connectivity index (χ2n) is 4.01. The predicted molar refractivity (Wildman–Crippen MR) is 71.4 cm³/mol. The van der Waals surface area contributed by atoms with Crippen LogP contribution in [0.3, 0.4) is 0 Å². The lowest BCUT2D eigenvalue weighted by molar-refractivity contribution is -0.142. The summed E-state index contributed by atoms with van der Waals surface area (Å²) in [5, 5.41) is 11.5. The third kappa shape index (κ3) is 4.44. The van der Waals surface area contributed by atoms with Gasteiger partial charge in [-0.1, -0.05) is 30.7 Å². The first-order valence-electron chi connectivity index (χ1n) is 5.90. The van der Waals surface area contributed by atoms with Crippen molar-refractivity contribution in [3.8, 4) is 5.75 Å². The third-order valence-electron chi connectivity index (χ3n) is 2.50. The molecule has 0 spiro atoms. The summed E-state index contributed by atoms with van der Waals surface area (Å²) >= 11 is 5.94. The number of nitrogens with one attached hydrogen (secondary N) is 1. The lowest BCUT2D eigenvalue weighted by Crippen LogP contribution is -2.45. The first kappa shape index (κ1) is 15.3. The Hall–Kier alpha value is -1.75. The molecule has 0 radical (unpaired) electrons. The molecule has 1 rings (SSSR count). The Morgan fingerprint density at radius 1 is 1.42 bits per heavy atom. The van der Waals surface area contributed by atoms with Crippen molar-refractivity contribution in [3.05, 3.63) is 29.3 Å². The number of para-hydroxylation sites is 1. The van der Waals surface area contributed by atoms with Crippen LogP contribution in [-0.2, 0) is 9.59 Å². The van der Waals surface area contributed by atoms with Crippen molar-refractivity contribution in [2.24, 2.45) is 0 Å². The van der Waals surface area contributed by atoms with Gasteiger partial charge in [-0.15, -0.1) is 0 Å². The number of benzene rings is 1. The molecular weight excluding hydrogens is 270 g/mol. The number of hydrogen-bond donors (Lipinski definition) is 2. The Morgan fingerprint density at radius 3 is 2.58 bits per heavy atom. The van der Waals surface area contributed by atoms with Crippen molar-refractivity contribution in [2.75, 3.05) is 0 Å². The minimum absolute atomic E-state index is 0.397. The molecule has 0 aliphatic carbocycles. The van der Waals surface area contributed by atoms with Crippen LogP contribution >= 0.6 is 11.6 Å². The van der Waals surface area contributed by atoms with Gasteiger partial charge in [-0.05, 0) is 25.5 Å². The van der Waals surface area contributed by atoms with Crippen LogP contribution < -0.4 is 10.1 Å². The van der Waals surface area contributed by atoms with E-state index < -0.39 is 24.0 Å². The van der Waals surface area contributed by atoms with E-state index in [1.165, 1.54) is 6.92 Å². The van der Waals surface area contributed by atoms with Crippen LogP contribution in [-0.4, -0.2) is 29.1 Å². The smallest absolute Gasteiger partial charge is 0.325 e. The highest BCUT2D eigenvalue weighted by atomic mass is 35.5. The van der Waals surface area contributed by atoms with E-state index in [1.807, 2.05) is 0 Å². The molecule has 0 heterocycles. The Labute approximate surface area is 116 Å². The van der Waals surface area contributed by atoms with E-state index in [4.69, 9.17) is 21.4 Å². The number of aliphatic carboxylic acids is 1. The van der Waals surface area contributed by atoms with E-state index in [0.29, 0.717) is 17.2 Å². The van der Waals surface area contributed by atoms with Crippen molar-refractivity contribution in [1.29, 1.82) is 0 Å². The van der Waals surface area contributed by atoms with Crippen LogP contribution in [0.4, 0.5) is 0 Å². The Balaban J connectivity index is 2.71. The molecule has 5 nitrogen and oxygen atoms in total. The predicted octanol–water partition coefficient (Wildman–Crippen LogP) is 2.09. The molecule has 19 heavy (non-hydrogen) atoms. The summed E-state index contributed by atoms with van der Waals surface area (Å²) in [5.74, 6) is -1.17. The summed E-state index contributed by atoms with van der Waals surface area (Å²) in [6.07, 6.45) is -0.370. The summed E-state index contributed by atoms with van der Waals surface area (Å²) < 4.78 is 5.50. The highest BCUT2D eigenvalue weighted by Gasteiger charge is 2.23. The van der Waals surface area contributed by atoms with Gasteiger partial charge in [-0.25, -0.2) is 0 Å². The summed E-state index contributed by atoms with van der Waals surface area (Å²) in [6, 6.07) is 5.84. The van der Waals surface area contributed by atoms with E-state index in [1.54, 1.807) is 31.2 Å². The molecule has 0 saturated carbocycles. The molecule has 0 bridgehead atoms. The molecule has 1 aromatic rings. The number of ether oxygens (including phenoxy) is 1. The molecule has 104 valence electrons. The second-order valence-corrected chi connectivity index (χ2v) is 4.42. The third-order valence-corrected chi connectivity index (χ3v) is 2.81. The zero-order valence-electron chi connectivity index (χ0n) is 10.7. The lowest BCUT2D eigenvalue weighted by Gasteiger charge is -2.19. The summed E-state index contributed by atoms with van der Waals surface area (Å²) in [6.45, 7) is 3.16. The fourth-order valence-electron chi connectivity index (χ4n) is 1.38. The normalized spacial score (nSPS) is 13.4. The van der Waals surface area contributed by atoms with Crippen LogP contribution in [0.1, 0.15) is 20.3 Å². The van der Waals surface area contributed by atoms with E-state index in [2.05, 4.69) is 5.32 Å². The van der Waals surface area contributed by atoms with Crippen LogP contribution in [0.15, 0.2) is 24.3 Å². The van der Waals surface area contributed by atoms with Gasteiger partial charge in [-0.2, -0.15) is 0 Å². The summed E-state index contributed by atoms with van der Waals surface area (Å²) in [4.78, 5) is 22.5. The second kappa shape index (κ2) is 6.99. The largest absolute Gasteiger partial charge is 0.480 e. The Kier molecular flexibility index (Phi) is 5.63. The highest BCUT2D eigenvalue weighted by molar-refractivity contribution is 6.32. The number of hydrogen-bond acceptors (Lipinski definition) is 3. The van der Waals surface area contributed by atoms with Gasteiger partial charge in [0.1, 0.15) is 11.8 Å². The molecule has 2 atom stereocenters. The Bertz CT molecular complexity index is 464. The maximum Gasteiger partial charge on any atom is 0.325 e. The van der Waals surface area contributed by atoms with Crippen molar-refractivity contribution in [1.82, 2.24) is 5.32 Å². The molecule has 0 aromatic heterocycles. The van der Waals surface area contributed by atoms with Gasteiger partial charge in [0.25, 0.3) is 5.91 Å². The molecule has 0 aliphatic heterocycles. The SMILES string of the molecule is CCC(Oc1ccccc1Cl)C(=O)NC(C)C(=O)O. The molecule has 1 amide bonds. The highest BCUT2D eigenvalue weighted by Crippen LogP contribution is 2.24. The van der Waals surface area contributed by atoms with E-state index >= 15 is 0 Å². The molecule has 0 aliphatic rings. The number of carbonyl (C=O) groups is 2. The average molecular weight is 286 g/mol. The maximum atomic E-state index is 11.9. The van der Waals surface area contributed by atoms with Gasteiger partial charge in [0, 0.05) is 0 Å². The van der Waals surface area contributed by atoms with E-state index in [0.717, 1.165) is 0 Å². The van der Waals surface area contributed by atoms with Crippen LogP contribution in [0.25, 0.3) is 0 Å².